The van der Waals surface area contributed by atoms with E-state index in [-0.39, 0.29) is 17.4 Å². The molecule has 1 aliphatic rings. The van der Waals surface area contributed by atoms with E-state index in [0.29, 0.717) is 18.9 Å². The zero-order valence-corrected chi connectivity index (χ0v) is 26.1. The first kappa shape index (κ1) is 30.0. The summed E-state index contributed by atoms with van der Waals surface area (Å²) >= 11 is 0. The number of hydrogen-bond acceptors (Lipinski definition) is 4. The van der Waals surface area contributed by atoms with Gasteiger partial charge in [-0.25, -0.2) is 9.48 Å². The number of carbonyl (C=O) groups is 2. The Morgan fingerprint density at radius 3 is 2.05 bits per heavy atom. The Kier molecular flexibility index (Phi) is 8.69. The molecule has 43 heavy (non-hydrogen) atoms. The number of carbonyl (C=O) groups excluding carboxylic acids is 2. The highest BCUT2D eigenvalue weighted by Crippen LogP contribution is 2.28. The van der Waals surface area contributed by atoms with E-state index in [1.54, 1.807) is 4.68 Å². The van der Waals surface area contributed by atoms with Crippen molar-refractivity contribution < 1.29 is 9.59 Å². The third-order valence-corrected chi connectivity index (χ3v) is 7.92. The van der Waals surface area contributed by atoms with Crippen LogP contribution in [0.1, 0.15) is 59.1 Å². The van der Waals surface area contributed by atoms with Crippen molar-refractivity contribution in [2.24, 2.45) is 0 Å². The van der Waals surface area contributed by atoms with E-state index in [4.69, 9.17) is 5.10 Å². The number of nitrogens with one attached hydrogen (secondary N) is 2. The zero-order chi connectivity index (χ0) is 30.7. The van der Waals surface area contributed by atoms with Crippen molar-refractivity contribution in [3.63, 3.8) is 0 Å². The SMILES string of the molecule is Cc1ccc(-n2nc(C(C)(C)C)cc2NC(=O)Nc2c(C)cc(CN3CCN(C(=O)c4ccccc4)CC3)cc2C)cc1. The van der Waals surface area contributed by atoms with Gasteiger partial charge in [0.1, 0.15) is 5.82 Å². The van der Waals surface area contributed by atoms with Crippen LogP contribution in [0.5, 0.6) is 0 Å². The zero-order valence-electron chi connectivity index (χ0n) is 26.1. The van der Waals surface area contributed by atoms with Crippen LogP contribution >= 0.6 is 0 Å². The number of urea groups is 1. The summed E-state index contributed by atoms with van der Waals surface area (Å²) in [6, 6.07) is 23.5. The van der Waals surface area contributed by atoms with Crippen molar-refractivity contribution >= 4 is 23.4 Å². The number of benzene rings is 3. The molecule has 0 radical (unpaired) electrons. The third kappa shape index (κ3) is 7.14. The molecule has 5 rings (SSSR count). The van der Waals surface area contributed by atoms with Gasteiger partial charge in [0, 0.05) is 55.5 Å². The Balaban J connectivity index is 1.23. The summed E-state index contributed by atoms with van der Waals surface area (Å²) in [5, 5.41) is 10.9. The van der Waals surface area contributed by atoms with Crippen LogP contribution in [0.25, 0.3) is 5.69 Å². The Labute approximate surface area is 254 Å². The van der Waals surface area contributed by atoms with Gasteiger partial charge in [0.05, 0.1) is 11.4 Å². The predicted molar refractivity (Wildman–Crippen MR) is 173 cm³/mol. The molecule has 3 aromatic carbocycles. The van der Waals surface area contributed by atoms with Crippen LogP contribution in [-0.4, -0.2) is 57.7 Å². The molecule has 1 saturated heterocycles. The summed E-state index contributed by atoms with van der Waals surface area (Å²) in [6.07, 6.45) is 0. The number of aromatic nitrogens is 2. The average molecular weight is 579 g/mol. The summed E-state index contributed by atoms with van der Waals surface area (Å²) in [4.78, 5) is 30.4. The molecule has 0 saturated carbocycles. The largest absolute Gasteiger partial charge is 0.336 e. The Bertz CT molecular complexity index is 1570. The van der Waals surface area contributed by atoms with Gasteiger partial charge >= 0.3 is 6.03 Å². The number of anilines is 2. The van der Waals surface area contributed by atoms with E-state index in [1.165, 1.54) is 5.56 Å². The molecule has 3 amide bonds. The first-order valence-corrected chi connectivity index (χ1v) is 14.9. The smallest absolute Gasteiger partial charge is 0.324 e. The molecule has 1 fully saturated rings. The highest BCUT2D eigenvalue weighted by Gasteiger charge is 2.24. The lowest BCUT2D eigenvalue weighted by Gasteiger charge is -2.35. The molecule has 2 N–H and O–H groups in total. The monoisotopic (exact) mass is 578 g/mol. The molecule has 8 heteroatoms. The fraction of sp³-hybridized carbons (Fsp3) is 0.343. The molecule has 1 aromatic heterocycles. The van der Waals surface area contributed by atoms with Crippen LogP contribution in [0.4, 0.5) is 16.3 Å². The topological polar surface area (TPSA) is 82.5 Å². The molecule has 0 bridgehead atoms. The maximum absolute atomic E-state index is 13.3. The Morgan fingerprint density at radius 1 is 0.814 bits per heavy atom. The normalized spacial score (nSPS) is 14.0. The van der Waals surface area contributed by atoms with E-state index < -0.39 is 0 Å². The minimum atomic E-state index is -0.313. The second kappa shape index (κ2) is 12.4. The van der Waals surface area contributed by atoms with E-state index in [2.05, 4.69) is 48.4 Å². The van der Waals surface area contributed by atoms with Crippen molar-refractivity contribution in [3.8, 4) is 5.69 Å². The van der Waals surface area contributed by atoms with E-state index in [0.717, 1.165) is 59.0 Å². The van der Waals surface area contributed by atoms with Gasteiger partial charge in [-0.1, -0.05) is 68.8 Å². The second-order valence-electron chi connectivity index (χ2n) is 12.5. The summed E-state index contributed by atoms with van der Waals surface area (Å²) in [6.45, 7) is 16.3. The minimum absolute atomic E-state index is 0.0946. The number of rotatable bonds is 6. The molecule has 8 nitrogen and oxygen atoms in total. The van der Waals surface area contributed by atoms with Crippen LogP contribution in [0.2, 0.25) is 0 Å². The van der Waals surface area contributed by atoms with E-state index in [9.17, 15) is 9.59 Å². The van der Waals surface area contributed by atoms with Gasteiger partial charge in [-0.2, -0.15) is 5.10 Å². The lowest BCUT2D eigenvalue weighted by atomic mass is 9.92. The molecule has 224 valence electrons. The standard InChI is InChI=1S/C35H42N6O2/c1-24-12-14-29(15-13-24)41-31(22-30(38-41)35(4,5)6)36-34(43)37-32-25(2)20-27(21-26(32)3)23-39-16-18-40(19-17-39)33(42)28-10-8-7-9-11-28/h7-15,20-22H,16-19,23H2,1-6H3,(H2,36,37,43). The second-order valence-corrected chi connectivity index (χ2v) is 12.5. The Hall–Kier alpha value is -4.43. The molecular formula is C35H42N6O2. The molecule has 1 aliphatic heterocycles. The number of hydrogen-bond donors (Lipinski definition) is 2. The van der Waals surface area contributed by atoms with Crippen LogP contribution in [0.3, 0.4) is 0 Å². The van der Waals surface area contributed by atoms with Gasteiger partial charge in [0.15, 0.2) is 0 Å². The van der Waals surface area contributed by atoms with Crippen LogP contribution in [-0.2, 0) is 12.0 Å². The first-order valence-electron chi connectivity index (χ1n) is 14.9. The molecular weight excluding hydrogens is 536 g/mol. The molecule has 4 aromatic rings. The van der Waals surface area contributed by atoms with Crippen molar-refractivity contribution in [2.45, 2.75) is 53.5 Å². The van der Waals surface area contributed by atoms with Crippen LogP contribution < -0.4 is 10.6 Å². The first-order chi connectivity index (χ1) is 20.5. The third-order valence-electron chi connectivity index (χ3n) is 7.92. The number of amides is 3. The van der Waals surface area contributed by atoms with Gasteiger partial charge in [-0.15, -0.1) is 0 Å². The lowest BCUT2D eigenvalue weighted by molar-refractivity contribution is 0.0628. The number of nitrogens with zero attached hydrogens (tertiary/aromatic N) is 4. The van der Waals surface area contributed by atoms with Gasteiger partial charge in [0.2, 0.25) is 0 Å². The summed E-state index contributed by atoms with van der Waals surface area (Å²) in [5.74, 6) is 0.709. The number of aryl methyl sites for hydroxylation is 3. The van der Waals surface area contributed by atoms with Crippen molar-refractivity contribution in [3.05, 3.63) is 106 Å². The summed E-state index contributed by atoms with van der Waals surface area (Å²) < 4.78 is 1.79. The maximum Gasteiger partial charge on any atom is 0.324 e. The molecule has 0 spiro atoms. The van der Waals surface area contributed by atoms with Gasteiger partial charge < -0.3 is 10.2 Å². The summed E-state index contributed by atoms with van der Waals surface area (Å²) in [7, 11) is 0. The molecule has 2 heterocycles. The highest BCUT2D eigenvalue weighted by atomic mass is 16.2. The average Bonchev–Trinajstić information content (AvgIpc) is 3.40. The van der Waals surface area contributed by atoms with Crippen molar-refractivity contribution in [1.29, 1.82) is 0 Å². The summed E-state index contributed by atoms with van der Waals surface area (Å²) in [5.41, 5.74) is 7.51. The highest BCUT2D eigenvalue weighted by molar-refractivity contribution is 6.00. The Morgan fingerprint density at radius 2 is 1.44 bits per heavy atom. The van der Waals surface area contributed by atoms with Gasteiger partial charge in [-0.3, -0.25) is 15.0 Å². The molecule has 0 aliphatic carbocycles. The van der Waals surface area contributed by atoms with E-state index >= 15 is 0 Å². The maximum atomic E-state index is 13.3. The van der Waals surface area contributed by atoms with Crippen molar-refractivity contribution in [2.75, 3.05) is 36.8 Å². The van der Waals surface area contributed by atoms with Gasteiger partial charge in [0.25, 0.3) is 5.91 Å². The van der Waals surface area contributed by atoms with Crippen LogP contribution in [0.15, 0.2) is 72.8 Å². The van der Waals surface area contributed by atoms with Gasteiger partial charge in [-0.05, 0) is 61.7 Å². The molecule has 0 atom stereocenters. The van der Waals surface area contributed by atoms with E-state index in [1.807, 2.05) is 86.3 Å². The predicted octanol–water partition coefficient (Wildman–Crippen LogP) is 6.70. The minimum Gasteiger partial charge on any atom is -0.336 e. The number of piperazine rings is 1. The lowest BCUT2D eigenvalue weighted by Crippen LogP contribution is -2.48. The fourth-order valence-electron chi connectivity index (χ4n) is 5.45. The van der Waals surface area contributed by atoms with Crippen molar-refractivity contribution in [1.82, 2.24) is 19.6 Å². The fourth-order valence-corrected chi connectivity index (χ4v) is 5.45. The quantitative estimate of drug-likeness (QED) is 0.267. The molecule has 0 unspecified atom stereocenters. The van der Waals surface area contributed by atoms with Crippen LogP contribution in [0, 0.1) is 20.8 Å².